The summed E-state index contributed by atoms with van der Waals surface area (Å²) in [7, 11) is -3.81. The van der Waals surface area contributed by atoms with Gasteiger partial charge >= 0.3 is 0 Å². The van der Waals surface area contributed by atoms with Crippen LogP contribution in [0.15, 0.2) is 39.9 Å². The fourth-order valence-electron chi connectivity index (χ4n) is 3.71. The van der Waals surface area contributed by atoms with Crippen molar-refractivity contribution >= 4 is 55.3 Å². The highest BCUT2D eigenvalue weighted by atomic mass is 35.5. The van der Waals surface area contributed by atoms with Crippen LogP contribution in [0.4, 0.5) is 5.13 Å². The lowest BCUT2D eigenvalue weighted by atomic mass is 10.0. The van der Waals surface area contributed by atoms with Gasteiger partial charge in [0.05, 0.1) is 10.0 Å². The van der Waals surface area contributed by atoms with Crippen LogP contribution in [-0.4, -0.2) is 43.0 Å². The van der Waals surface area contributed by atoms with Gasteiger partial charge in [-0.3, -0.25) is 4.79 Å². The van der Waals surface area contributed by atoms with E-state index in [9.17, 15) is 13.2 Å². The van der Waals surface area contributed by atoms with Crippen molar-refractivity contribution in [2.75, 3.05) is 18.7 Å². The summed E-state index contributed by atoms with van der Waals surface area (Å²) in [5, 5.41) is 5.03. The molecule has 1 N–H and O–H groups in total. The van der Waals surface area contributed by atoms with E-state index in [2.05, 4.69) is 10.3 Å². The van der Waals surface area contributed by atoms with Crippen molar-refractivity contribution in [2.45, 2.75) is 29.5 Å². The quantitative estimate of drug-likeness (QED) is 0.544. The smallest absolute Gasteiger partial charge is 0.253 e. The summed E-state index contributed by atoms with van der Waals surface area (Å²) in [6.07, 6.45) is 1.92. The molecule has 1 atom stereocenters. The number of thiophene rings is 1. The highest BCUT2D eigenvalue weighted by Crippen LogP contribution is 2.37. The average molecular weight is 512 g/mol. The van der Waals surface area contributed by atoms with Crippen molar-refractivity contribution in [1.29, 1.82) is 0 Å². The number of rotatable bonds is 5. The van der Waals surface area contributed by atoms with Gasteiger partial charge in [-0.05, 0) is 43.2 Å². The van der Waals surface area contributed by atoms with E-state index in [1.165, 1.54) is 21.7 Å². The molecule has 0 saturated carbocycles. The number of hydrogen-bond acceptors (Lipinski definition) is 8. The zero-order chi connectivity index (χ0) is 22.3. The number of fused-ring (bicyclic) bond motifs is 1. The second-order valence-corrected chi connectivity index (χ2v) is 12.0. The second kappa shape index (κ2) is 8.64. The minimum Gasteiger partial charge on any atom is -0.454 e. The third kappa shape index (κ3) is 4.11. The molecule has 1 amide bonds. The molecule has 0 aliphatic carbocycles. The SMILES string of the molecule is O=C(Nc1nc(-c2ccc3c(c2)OCO3)cs1)C1CCCCN1S(=O)(=O)c1ccc(Cl)s1. The molecule has 8 nitrogen and oxygen atoms in total. The topological polar surface area (TPSA) is 97.8 Å². The van der Waals surface area contributed by atoms with Crippen LogP contribution >= 0.6 is 34.3 Å². The summed E-state index contributed by atoms with van der Waals surface area (Å²) in [4.78, 5) is 17.5. The first-order valence-corrected chi connectivity index (χ1v) is 13.4. The van der Waals surface area contributed by atoms with Gasteiger partial charge in [0.25, 0.3) is 10.0 Å². The Labute approximate surface area is 197 Å². The first-order valence-electron chi connectivity index (χ1n) is 9.85. The van der Waals surface area contributed by atoms with Gasteiger partial charge in [0.15, 0.2) is 16.6 Å². The lowest BCUT2D eigenvalue weighted by Gasteiger charge is -2.32. The van der Waals surface area contributed by atoms with Crippen LogP contribution in [-0.2, 0) is 14.8 Å². The van der Waals surface area contributed by atoms with E-state index >= 15 is 0 Å². The molecule has 0 radical (unpaired) electrons. The lowest BCUT2D eigenvalue weighted by molar-refractivity contribution is -0.120. The Kier molecular flexibility index (Phi) is 5.84. The Morgan fingerprint density at radius 1 is 1.19 bits per heavy atom. The van der Waals surface area contributed by atoms with Crippen molar-refractivity contribution < 1.29 is 22.7 Å². The Balaban J connectivity index is 1.34. The third-order valence-electron chi connectivity index (χ3n) is 5.27. The van der Waals surface area contributed by atoms with Crippen LogP contribution in [0.2, 0.25) is 4.34 Å². The number of amides is 1. The molecule has 2 aromatic heterocycles. The minimum atomic E-state index is -3.81. The largest absolute Gasteiger partial charge is 0.454 e. The molecule has 168 valence electrons. The second-order valence-electron chi connectivity index (χ2n) is 7.28. The number of benzene rings is 1. The van der Waals surface area contributed by atoms with Gasteiger partial charge < -0.3 is 14.8 Å². The first kappa shape index (κ1) is 21.7. The number of sulfonamides is 1. The maximum atomic E-state index is 13.1. The Morgan fingerprint density at radius 2 is 2.03 bits per heavy atom. The van der Waals surface area contributed by atoms with E-state index in [0.29, 0.717) is 39.5 Å². The molecule has 1 saturated heterocycles. The zero-order valence-electron chi connectivity index (χ0n) is 16.6. The summed E-state index contributed by atoms with van der Waals surface area (Å²) < 4.78 is 38.8. The monoisotopic (exact) mass is 511 g/mol. The third-order valence-corrected chi connectivity index (χ3v) is 9.63. The standard InChI is InChI=1S/C20H18ClN3O5S3/c21-17-6-7-18(31-17)32(26,27)24-8-2-1-3-14(24)19(25)23-20-22-13(10-30-20)12-4-5-15-16(9-12)29-11-28-15/h4-7,9-10,14H,1-3,8,11H2,(H,22,23,25). The van der Waals surface area contributed by atoms with Crippen molar-refractivity contribution in [2.24, 2.45) is 0 Å². The Bertz CT molecular complexity index is 1270. The summed E-state index contributed by atoms with van der Waals surface area (Å²) >= 11 is 8.20. The fourth-order valence-corrected chi connectivity index (χ4v) is 7.71. The summed E-state index contributed by atoms with van der Waals surface area (Å²) in [6.45, 7) is 0.478. The van der Waals surface area contributed by atoms with Gasteiger partial charge in [0, 0.05) is 17.5 Å². The molecule has 0 spiro atoms. The number of thiazole rings is 1. The van der Waals surface area contributed by atoms with Gasteiger partial charge in [0.1, 0.15) is 10.3 Å². The molecule has 1 unspecified atom stereocenters. The number of ether oxygens (including phenoxy) is 2. The first-order chi connectivity index (χ1) is 15.4. The molecule has 4 heterocycles. The molecular formula is C20H18ClN3O5S3. The number of aromatic nitrogens is 1. The molecule has 5 rings (SSSR count). The van der Waals surface area contributed by atoms with Crippen molar-refractivity contribution in [3.8, 4) is 22.8 Å². The van der Waals surface area contributed by atoms with Crippen LogP contribution in [0.5, 0.6) is 11.5 Å². The highest BCUT2D eigenvalue weighted by Gasteiger charge is 2.38. The molecule has 0 bridgehead atoms. The number of halogens is 1. The van der Waals surface area contributed by atoms with Crippen molar-refractivity contribution in [3.05, 3.63) is 40.0 Å². The predicted octanol–water partition coefficient (Wildman–Crippen LogP) is 4.44. The predicted molar refractivity (Wildman–Crippen MR) is 123 cm³/mol. The molecular weight excluding hydrogens is 494 g/mol. The average Bonchev–Trinajstić information content (AvgIpc) is 3.54. The summed E-state index contributed by atoms with van der Waals surface area (Å²) in [5.74, 6) is 0.948. The number of carbonyl (C=O) groups is 1. The van der Waals surface area contributed by atoms with Crippen molar-refractivity contribution in [3.63, 3.8) is 0 Å². The van der Waals surface area contributed by atoms with Crippen LogP contribution in [0.3, 0.4) is 0 Å². The number of anilines is 1. The molecule has 12 heteroatoms. The van der Waals surface area contributed by atoms with E-state index in [1.54, 1.807) is 6.07 Å². The number of carbonyl (C=O) groups excluding carboxylic acids is 1. The van der Waals surface area contributed by atoms with Gasteiger partial charge in [-0.15, -0.1) is 22.7 Å². The van der Waals surface area contributed by atoms with Crippen LogP contribution < -0.4 is 14.8 Å². The van der Waals surface area contributed by atoms with Gasteiger partial charge in [-0.2, -0.15) is 4.31 Å². The van der Waals surface area contributed by atoms with E-state index in [4.69, 9.17) is 21.1 Å². The summed E-state index contributed by atoms with van der Waals surface area (Å²) in [6, 6.07) is 7.75. The normalized spacial score (nSPS) is 18.6. The highest BCUT2D eigenvalue weighted by molar-refractivity contribution is 7.91. The molecule has 3 aromatic rings. The summed E-state index contributed by atoms with van der Waals surface area (Å²) in [5.41, 5.74) is 1.52. The molecule has 1 aromatic carbocycles. The maximum Gasteiger partial charge on any atom is 0.253 e. The van der Waals surface area contributed by atoms with Crippen molar-refractivity contribution in [1.82, 2.24) is 9.29 Å². The fraction of sp³-hybridized carbons (Fsp3) is 0.300. The number of nitrogens with zero attached hydrogens (tertiary/aromatic N) is 2. The minimum absolute atomic E-state index is 0.140. The Hall–Kier alpha value is -2.18. The van der Waals surface area contributed by atoms with E-state index in [1.807, 2.05) is 23.6 Å². The van der Waals surface area contributed by atoms with E-state index in [-0.39, 0.29) is 23.5 Å². The zero-order valence-corrected chi connectivity index (χ0v) is 19.8. The van der Waals surface area contributed by atoms with Gasteiger partial charge in [0.2, 0.25) is 12.7 Å². The lowest BCUT2D eigenvalue weighted by Crippen LogP contribution is -2.49. The number of nitrogens with one attached hydrogen (secondary N) is 1. The van der Waals surface area contributed by atoms with Gasteiger partial charge in [-0.25, -0.2) is 13.4 Å². The van der Waals surface area contributed by atoms with E-state index in [0.717, 1.165) is 23.3 Å². The molecule has 2 aliphatic heterocycles. The van der Waals surface area contributed by atoms with Crippen LogP contribution in [0, 0.1) is 0 Å². The number of hydrogen-bond donors (Lipinski definition) is 1. The van der Waals surface area contributed by atoms with Crippen LogP contribution in [0.1, 0.15) is 19.3 Å². The van der Waals surface area contributed by atoms with E-state index < -0.39 is 16.1 Å². The maximum absolute atomic E-state index is 13.1. The molecule has 32 heavy (non-hydrogen) atoms. The molecule has 1 fully saturated rings. The van der Waals surface area contributed by atoms with Crippen LogP contribution in [0.25, 0.3) is 11.3 Å². The van der Waals surface area contributed by atoms with Gasteiger partial charge in [-0.1, -0.05) is 18.0 Å². The Morgan fingerprint density at radius 3 is 2.84 bits per heavy atom. The number of piperidine rings is 1. The molecule has 2 aliphatic rings.